The number of aromatic nitrogens is 1. The summed E-state index contributed by atoms with van der Waals surface area (Å²) in [6.07, 6.45) is 1.77. The first-order valence-electron chi connectivity index (χ1n) is 5.60. The van der Waals surface area contributed by atoms with Gasteiger partial charge < -0.3 is 0 Å². The van der Waals surface area contributed by atoms with Crippen LogP contribution in [0.1, 0.15) is 28.9 Å². The van der Waals surface area contributed by atoms with Gasteiger partial charge in [-0.3, -0.25) is 4.98 Å². The summed E-state index contributed by atoms with van der Waals surface area (Å²) in [5, 5.41) is 0. The highest BCUT2D eigenvalue weighted by atomic mass is 79.9. The zero-order chi connectivity index (χ0) is 13.1. The Hall–Kier alpha value is -0.740. The van der Waals surface area contributed by atoms with Crippen LogP contribution in [0.4, 0.5) is 4.39 Å². The molecule has 1 nitrogen and oxygen atoms in total. The van der Waals surface area contributed by atoms with E-state index in [1.165, 1.54) is 6.07 Å². The highest BCUT2D eigenvalue weighted by molar-refractivity contribution is 9.11. The molecule has 1 aromatic carbocycles. The second-order valence-corrected chi connectivity index (χ2v) is 5.87. The number of halogens is 3. The predicted octanol–water partition coefficient (Wildman–Crippen LogP) is 5.22. The topological polar surface area (TPSA) is 12.9 Å². The van der Waals surface area contributed by atoms with E-state index >= 15 is 0 Å². The van der Waals surface area contributed by atoms with Crippen molar-refractivity contribution in [2.24, 2.45) is 0 Å². The summed E-state index contributed by atoms with van der Waals surface area (Å²) >= 11 is 6.93. The minimum Gasteiger partial charge on any atom is -0.261 e. The van der Waals surface area contributed by atoms with Crippen molar-refractivity contribution in [3.63, 3.8) is 0 Å². The maximum Gasteiger partial charge on any atom is 0.137 e. The predicted molar refractivity (Wildman–Crippen MR) is 78.4 cm³/mol. The third-order valence-electron chi connectivity index (χ3n) is 2.87. The molecule has 0 N–H and O–H groups in total. The molecule has 0 fully saturated rings. The Labute approximate surface area is 123 Å². The molecule has 0 amide bonds. The third kappa shape index (κ3) is 2.81. The molecule has 0 saturated carbocycles. The first-order valence-corrected chi connectivity index (χ1v) is 7.31. The van der Waals surface area contributed by atoms with Gasteiger partial charge in [-0.2, -0.15) is 0 Å². The lowest BCUT2D eigenvalue weighted by Crippen LogP contribution is -2.05. The van der Waals surface area contributed by atoms with Gasteiger partial charge in [0.15, 0.2) is 0 Å². The monoisotopic (exact) mass is 371 g/mol. The number of pyridine rings is 1. The smallest absolute Gasteiger partial charge is 0.137 e. The van der Waals surface area contributed by atoms with E-state index in [1.807, 2.05) is 24.3 Å². The summed E-state index contributed by atoms with van der Waals surface area (Å²) in [5.74, 6) is -0.0885. The van der Waals surface area contributed by atoms with Crippen molar-refractivity contribution in [3.05, 3.63) is 64.1 Å². The second-order valence-electron chi connectivity index (χ2n) is 4.09. The maximum atomic E-state index is 13.5. The largest absolute Gasteiger partial charge is 0.261 e. The van der Waals surface area contributed by atoms with Crippen molar-refractivity contribution in [1.29, 1.82) is 0 Å². The molecule has 2 unspecified atom stereocenters. The lowest BCUT2D eigenvalue weighted by atomic mass is 9.97. The molecule has 2 aromatic rings. The van der Waals surface area contributed by atoms with Crippen molar-refractivity contribution in [3.8, 4) is 0 Å². The maximum absolute atomic E-state index is 13.5. The number of nitrogens with zero attached hydrogens (tertiary/aromatic N) is 1. The van der Waals surface area contributed by atoms with Crippen LogP contribution in [0.15, 0.2) is 47.1 Å². The van der Waals surface area contributed by atoms with Crippen molar-refractivity contribution >= 4 is 31.9 Å². The summed E-state index contributed by atoms with van der Waals surface area (Å²) in [5.41, 5.74) is 1.88. The lowest BCUT2D eigenvalue weighted by molar-refractivity contribution is 0.614. The number of hydrogen-bond donors (Lipinski definition) is 0. The standard InChI is InChI=1S/C14H12Br2FN/c1-9(12-7-2-3-8-18-12)13(15)10-5-4-6-11(17)14(10)16/h2-9,13H,1H3. The fourth-order valence-electron chi connectivity index (χ4n) is 1.80. The molecule has 2 rings (SSSR count). The molecule has 0 aliphatic heterocycles. The van der Waals surface area contributed by atoms with Gasteiger partial charge in [-0.15, -0.1) is 0 Å². The van der Waals surface area contributed by atoms with E-state index in [-0.39, 0.29) is 16.6 Å². The first-order chi connectivity index (χ1) is 8.61. The average molecular weight is 373 g/mol. The van der Waals surface area contributed by atoms with Crippen LogP contribution >= 0.6 is 31.9 Å². The van der Waals surface area contributed by atoms with Gasteiger partial charge in [-0.1, -0.05) is 41.1 Å². The fraction of sp³-hybridized carbons (Fsp3) is 0.214. The van der Waals surface area contributed by atoms with Gasteiger partial charge in [-0.05, 0) is 39.7 Å². The zero-order valence-electron chi connectivity index (χ0n) is 9.78. The molecule has 1 heterocycles. The van der Waals surface area contributed by atoms with Crippen LogP contribution < -0.4 is 0 Å². The molecule has 4 heteroatoms. The third-order valence-corrected chi connectivity index (χ3v) is 4.99. The molecule has 0 bridgehead atoms. The van der Waals surface area contributed by atoms with Gasteiger partial charge in [-0.25, -0.2) is 4.39 Å². The molecule has 0 saturated heterocycles. The molecule has 0 aliphatic carbocycles. The highest BCUT2D eigenvalue weighted by Gasteiger charge is 2.22. The Morgan fingerprint density at radius 3 is 2.61 bits per heavy atom. The van der Waals surface area contributed by atoms with Crippen LogP contribution in [0.2, 0.25) is 0 Å². The summed E-state index contributed by atoms with van der Waals surface area (Å²) in [6.45, 7) is 2.07. The van der Waals surface area contributed by atoms with Gasteiger partial charge in [0, 0.05) is 22.6 Å². The van der Waals surface area contributed by atoms with Gasteiger partial charge in [0.05, 0.1) is 4.47 Å². The molecule has 0 spiro atoms. The van der Waals surface area contributed by atoms with Crippen molar-refractivity contribution in [2.75, 3.05) is 0 Å². The summed E-state index contributed by atoms with van der Waals surface area (Å²) in [7, 11) is 0. The molecular formula is C14H12Br2FN. The second kappa shape index (κ2) is 5.93. The van der Waals surface area contributed by atoms with E-state index in [0.29, 0.717) is 4.47 Å². The molecule has 94 valence electrons. The van der Waals surface area contributed by atoms with E-state index in [4.69, 9.17) is 0 Å². The summed E-state index contributed by atoms with van der Waals surface area (Å²) < 4.78 is 14.0. The minimum atomic E-state index is -0.245. The molecule has 0 aliphatic rings. The SMILES string of the molecule is CC(c1ccccn1)C(Br)c1cccc(F)c1Br. The lowest BCUT2D eigenvalue weighted by Gasteiger charge is -2.19. The van der Waals surface area contributed by atoms with Crippen LogP contribution in [-0.4, -0.2) is 4.98 Å². The average Bonchev–Trinajstić information content (AvgIpc) is 2.41. The van der Waals surface area contributed by atoms with Crippen molar-refractivity contribution in [2.45, 2.75) is 17.7 Å². The first kappa shape index (κ1) is 13.7. The Balaban J connectivity index is 2.31. The highest BCUT2D eigenvalue weighted by Crippen LogP contribution is 2.40. The molecule has 0 radical (unpaired) electrons. The molecular weight excluding hydrogens is 361 g/mol. The Morgan fingerprint density at radius 1 is 1.17 bits per heavy atom. The summed E-state index contributed by atoms with van der Waals surface area (Å²) in [4.78, 5) is 4.35. The van der Waals surface area contributed by atoms with Crippen LogP contribution in [0.25, 0.3) is 0 Å². The van der Waals surface area contributed by atoms with Crippen molar-refractivity contribution in [1.82, 2.24) is 4.98 Å². The van der Waals surface area contributed by atoms with Gasteiger partial charge in [0.1, 0.15) is 5.82 Å². The number of hydrogen-bond acceptors (Lipinski definition) is 1. The normalized spacial score (nSPS) is 14.2. The van der Waals surface area contributed by atoms with Crippen LogP contribution in [0.3, 0.4) is 0 Å². The van der Waals surface area contributed by atoms with Gasteiger partial charge >= 0.3 is 0 Å². The van der Waals surface area contributed by atoms with E-state index < -0.39 is 0 Å². The molecule has 1 aromatic heterocycles. The number of benzene rings is 1. The summed E-state index contributed by atoms with van der Waals surface area (Å²) in [6, 6.07) is 10.9. The molecule has 2 atom stereocenters. The Bertz CT molecular complexity index is 531. The van der Waals surface area contributed by atoms with Gasteiger partial charge in [0.25, 0.3) is 0 Å². The van der Waals surface area contributed by atoms with Crippen LogP contribution in [0, 0.1) is 5.82 Å². The fourth-order valence-corrected chi connectivity index (χ4v) is 3.27. The Morgan fingerprint density at radius 2 is 1.94 bits per heavy atom. The van der Waals surface area contributed by atoms with E-state index in [1.54, 1.807) is 12.3 Å². The van der Waals surface area contributed by atoms with Gasteiger partial charge in [0.2, 0.25) is 0 Å². The number of rotatable bonds is 3. The quantitative estimate of drug-likeness (QED) is 0.673. The number of alkyl halides is 1. The van der Waals surface area contributed by atoms with Crippen LogP contribution in [-0.2, 0) is 0 Å². The van der Waals surface area contributed by atoms with E-state index in [9.17, 15) is 4.39 Å². The zero-order valence-corrected chi connectivity index (χ0v) is 12.9. The minimum absolute atomic E-state index is 0.0116. The van der Waals surface area contributed by atoms with Crippen molar-refractivity contribution < 1.29 is 4.39 Å². The van der Waals surface area contributed by atoms with E-state index in [0.717, 1.165) is 11.3 Å². The Kier molecular flexibility index (Phi) is 4.51. The van der Waals surface area contributed by atoms with Crippen LogP contribution in [0.5, 0.6) is 0 Å². The molecule has 18 heavy (non-hydrogen) atoms. The van der Waals surface area contributed by atoms with E-state index in [2.05, 4.69) is 43.8 Å².